The van der Waals surface area contributed by atoms with Crippen LogP contribution >= 0.6 is 11.6 Å². The van der Waals surface area contributed by atoms with E-state index in [9.17, 15) is 9.59 Å². The fraction of sp³-hybridized carbons (Fsp3) is 0.500. The maximum Gasteiger partial charge on any atom is 0.218 e. The highest BCUT2D eigenvalue weighted by molar-refractivity contribution is 6.28. The van der Waals surface area contributed by atoms with E-state index in [1.807, 2.05) is 0 Å². The molecule has 0 amide bonds. The SMILES string of the molecule is O=[C]C(Cl)CC=O. The molecule has 39 valence electrons. The molecule has 7 heavy (non-hydrogen) atoms. The molecule has 0 saturated heterocycles. The molecular formula is C4H4ClO2. The average molecular weight is 120 g/mol. The van der Waals surface area contributed by atoms with Gasteiger partial charge in [-0.25, -0.2) is 0 Å². The van der Waals surface area contributed by atoms with E-state index in [1.54, 1.807) is 0 Å². The van der Waals surface area contributed by atoms with E-state index < -0.39 is 5.38 Å². The maximum atomic E-state index is 9.51. The van der Waals surface area contributed by atoms with Gasteiger partial charge in [-0.05, 0) is 0 Å². The first-order valence-electron chi connectivity index (χ1n) is 1.76. The minimum atomic E-state index is -0.752. The molecule has 0 aromatic rings. The molecule has 0 spiro atoms. The summed E-state index contributed by atoms with van der Waals surface area (Å²) in [5.74, 6) is 0. The molecule has 0 aliphatic heterocycles. The highest BCUT2D eigenvalue weighted by Gasteiger charge is 1.98. The van der Waals surface area contributed by atoms with E-state index in [4.69, 9.17) is 11.6 Å². The van der Waals surface area contributed by atoms with Crippen LogP contribution in [-0.4, -0.2) is 17.9 Å². The number of carbonyl (C=O) groups excluding carboxylic acids is 2. The zero-order chi connectivity index (χ0) is 5.70. The molecular weight excluding hydrogens is 115 g/mol. The molecule has 0 rings (SSSR count). The summed E-state index contributed by atoms with van der Waals surface area (Å²) >= 11 is 5.11. The van der Waals surface area contributed by atoms with E-state index in [0.29, 0.717) is 6.29 Å². The van der Waals surface area contributed by atoms with Gasteiger partial charge in [0.1, 0.15) is 11.7 Å². The van der Waals surface area contributed by atoms with Gasteiger partial charge in [0.2, 0.25) is 6.29 Å². The molecule has 0 bridgehead atoms. The molecule has 1 atom stereocenters. The number of hydrogen-bond donors (Lipinski definition) is 0. The second kappa shape index (κ2) is 3.81. The van der Waals surface area contributed by atoms with Gasteiger partial charge in [0.25, 0.3) is 0 Å². The quantitative estimate of drug-likeness (QED) is 0.395. The van der Waals surface area contributed by atoms with Gasteiger partial charge < -0.3 is 4.79 Å². The van der Waals surface area contributed by atoms with Gasteiger partial charge >= 0.3 is 0 Å². The molecule has 0 fully saturated rings. The third-order valence-electron chi connectivity index (χ3n) is 0.431. The van der Waals surface area contributed by atoms with Gasteiger partial charge in [0, 0.05) is 6.42 Å². The first kappa shape index (κ1) is 6.63. The van der Waals surface area contributed by atoms with Crippen molar-refractivity contribution in [2.24, 2.45) is 0 Å². The van der Waals surface area contributed by atoms with Crippen molar-refractivity contribution in [3.05, 3.63) is 0 Å². The molecule has 0 aromatic carbocycles. The number of rotatable bonds is 3. The normalized spacial score (nSPS) is 12.7. The highest BCUT2D eigenvalue weighted by atomic mass is 35.5. The van der Waals surface area contributed by atoms with Crippen LogP contribution in [0.2, 0.25) is 0 Å². The zero-order valence-electron chi connectivity index (χ0n) is 3.56. The van der Waals surface area contributed by atoms with Crippen molar-refractivity contribution in [3.63, 3.8) is 0 Å². The highest BCUT2D eigenvalue weighted by Crippen LogP contribution is 1.92. The minimum Gasteiger partial charge on any atom is -0.303 e. The number of aldehydes is 1. The van der Waals surface area contributed by atoms with Gasteiger partial charge in [0.05, 0.1) is 0 Å². The molecule has 0 heterocycles. The Morgan fingerprint density at radius 2 is 2.43 bits per heavy atom. The van der Waals surface area contributed by atoms with Crippen molar-refractivity contribution in [1.82, 2.24) is 0 Å². The number of carbonyl (C=O) groups is 1. The van der Waals surface area contributed by atoms with Crippen LogP contribution in [0.1, 0.15) is 6.42 Å². The van der Waals surface area contributed by atoms with Crippen LogP contribution in [0, 0.1) is 0 Å². The van der Waals surface area contributed by atoms with Gasteiger partial charge in [-0.3, -0.25) is 4.79 Å². The lowest BCUT2D eigenvalue weighted by atomic mass is 10.4. The van der Waals surface area contributed by atoms with Crippen molar-refractivity contribution in [1.29, 1.82) is 0 Å². The predicted molar refractivity (Wildman–Crippen MR) is 26.0 cm³/mol. The van der Waals surface area contributed by atoms with Crippen LogP contribution in [0.15, 0.2) is 0 Å². The number of hydrogen-bond acceptors (Lipinski definition) is 2. The van der Waals surface area contributed by atoms with Gasteiger partial charge in [-0.1, -0.05) is 0 Å². The summed E-state index contributed by atoms with van der Waals surface area (Å²) < 4.78 is 0. The summed E-state index contributed by atoms with van der Waals surface area (Å²) in [6.07, 6.45) is 2.10. The van der Waals surface area contributed by atoms with Crippen molar-refractivity contribution in [3.8, 4) is 0 Å². The van der Waals surface area contributed by atoms with Crippen LogP contribution in [0.25, 0.3) is 0 Å². The lowest BCUT2D eigenvalue weighted by Crippen LogP contribution is -1.98. The fourth-order valence-electron chi connectivity index (χ4n) is 0.133. The van der Waals surface area contributed by atoms with E-state index in [0.717, 1.165) is 0 Å². The third kappa shape index (κ3) is 3.46. The Morgan fingerprint density at radius 1 is 1.86 bits per heavy atom. The Labute approximate surface area is 46.5 Å². The summed E-state index contributed by atoms with van der Waals surface area (Å²) in [7, 11) is 0. The minimum absolute atomic E-state index is 0.0606. The van der Waals surface area contributed by atoms with E-state index in [2.05, 4.69) is 0 Å². The molecule has 0 N–H and O–H groups in total. The molecule has 0 aliphatic rings. The summed E-state index contributed by atoms with van der Waals surface area (Å²) in [5, 5.41) is -0.752. The smallest absolute Gasteiger partial charge is 0.218 e. The molecule has 0 aromatic heterocycles. The zero-order valence-corrected chi connectivity index (χ0v) is 4.31. The molecule has 2 nitrogen and oxygen atoms in total. The Kier molecular flexibility index (Phi) is 3.61. The van der Waals surface area contributed by atoms with E-state index in [-0.39, 0.29) is 6.42 Å². The Balaban J connectivity index is 3.15. The first-order valence-corrected chi connectivity index (χ1v) is 2.20. The van der Waals surface area contributed by atoms with Crippen molar-refractivity contribution < 1.29 is 9.59 Å². The molecule has 0 saturated carbocycles. The van der Waals surface area contributed by atoms with Crippen molar-refractivity contribution in [2.45, 2.75) is 11.8 Å². The van der Waals surface area contributed by atoms with Gasteiger partial charge in [0.15, 0.2) is 0 Å². The monoisotopic (exact) mass is 119 g/mol. The van der Waals surface area contributed by atoms with Crippen LogP contribution in [0.5, 0.6) is 0 Å². The second-order valence-corrected chi connectivity index (χ2v) is 1.51. The maximum absolute atomic E-state index is 9.51. The molecule has 3 heteroatoms. The lowest BCUT2D eigenvalue weighted by molar-refractivity contribution is -0.107. The molecule has 1 unspecified atom stereocenters. The van der Waals surface area contributed by atoms with E-state index >= 15 is 0 Å². The Bertz CT molecular complexity index is 72.1. The van der Waals surface area contributed by atoms with Crippen LogP contribution in [-0.2, 0) is 9.59 Å². The molecule has 0 aliphatic carbocycles. The molecule has 1 radical (unpaired) electrons. The van der Waals surface area contributed by atoms with Gasteiger partial charge in [-0.15, -0.1) is 11.6 Å². The van der Waals surface area contributed by atoms with Crippen molar-refractivity contribution >= 4 is 24.2 Å². The van der Waals surface area contributed by atoms with Crippen LogP contribution < -0.4 is 0 Å². The largest absolute Gasteiger partial charge is 0.303 e. The summed E-state index contributed by atoms with van der Waals surface area (Å²) in [4.78, 5) is 19.0. The third-order valence-corrected chi connectivity index (χ3v) is 0.698. The summed E-state index contributed by atoms with van der Waals surface area (Å²) in [6, 6.07) is 0. The number of alkyl halides is 1. The second-order valence-electron chi connectivity index (χ2n) is 0.988. The summed E-state index contributed by atoms with van der Waals surface area (Å²) in [5.41, 5.74) is 0. The first-order chi connectivity index (χ1) is 3.31. The van der Waals surface area contributed by atoms with Crippen molar-refractivity contribution in [2.75, 3.05) is 0 Å². The van der Waals surface area contributed by atoms with Crippen LogP contribution in [0.3, 0.4) is 0 Å². The van der Waals surface area contributed by atoms with Gasteiger partial charge in [-0.2, -0.15) is 0 Å². The summed E-state index contributed by atoms with van der Waals surface area (Å²) in [6.45, 7) is 0. The standard InChI is InChI=1S/C4H4ClO2/c5-4(3-7)1-2-6/h2,4H,1H2. The number of halogens is 1. The Morgan fingerprint density at radius 3 is 2.57 bits per heavy atom. The van der Waals surface area contributed by atoms with Crippen LogP contribution in [0.4, 0.5) is 0 Å². The Hall–Kier alpha value is -0.370. The fourth-order valence-corrected chi connectivity index (χ4v) is 0.205. The predicted octanol–water partition coefficient (Wildman–Crippen LogP) is 0.292. The lowest BCUT2D eigenvalue weighted by Gasteiger charge is -1.84. The average Bonchev–Trinajstić information content (AvgIpc) is 1.68. The van der Waals surface area contributed by atoms with E-state index in [1.165, 1.54) is 6.29 Å². The topological polar surface area (TPSA) is 34.1 Å².